The minimum Gasteiger partial charge on any atom is -0.385 e. The van der Waals surface area contributed by atoms with E-state index in [4.69, 9.17) is 4.74 Å². The number of nitrogens with zero attached hydrogens (tertiary/aromatic N) is 2. The van der Waals surface area contributed by atoms with E-state index in [2.05, 4.69) is 19.2 Å². The molecule has 2 heterocycles. The van der Waals surface area contributed by atoms with Gasteiger partial charge in [0.15, 0.2) is 0 Å². The molecule has 1 aliphatic heterocycles. The maximum absolute atomic E-state index is 13.9. The Hall–Kier alpha value is -1.63. The number of methoxy groups -OCH3 is 1. The van der Waals surface area contributed by atoms with Crippen molar-refractivity contribution in [2.75, 3.05) is 26.8 Å². The van der Waals surface area contributed by atoms with E-state index < -0.39 is 0 Å². The zero-order valence-corrected chi connectivity index (χ0v) is 18.4. The molecular weight excluding hydrogens is 393 g/mol. The fourth-order valence-electron chi connectivity index (χ4n) is 4.19. The number of aryl methyl sites for hydroxylation is 1. The quantitative estimate of drug-likeness (QED) is 0.644. The zero-order valence-electron chi connectivity index (χ0n) is 17.6. The number of unbranched alkanes of at least 4 members (excludes halogenated alkanes) is 1. The average molecular weight is 426 g/mol. The Kier molecular flexibility index (Phi) is 8.93. The number of aromatic nitrogens is 1. The summed E-state index contributed by atoms with van der Waals surface area (Å²) in [5, 5.41) is 4.31. The van der Waals surface area contributed by atoms with Crippen LogP contribution in [0.4, 0.5) is 4.39 Å². The third-order valence-corrected chi connectivity index (χ3v) is 5.52. The lowest BCUT2D eigenvalue weighted by molar-refractivity contribution is 0.0562. The van der Waals surface area contributed by atoms with Gasteiger partial charge in [0.1, 0.15) is 11.5 Å². The van der Waals surface area contributed by atoms with Gasteiger partial charge in [0.05, 0.1) is 5.52 Å². The van der Waals surface area contributed by atoms with E-state index in [1.54, 1.807) is 13.2 Å². The van der Waals surface area contributed by atoms with Gasteiger partial charge in [0, 0.05) is 44.3 Å². The maximum atomic E-state index is 13.9. The molecule has 29 heavy (non-hydrogen) atoms. The molecule has 7 heteroatoms. The number of nitrogens with one attached hydrogen (secondary N) is 1. The largest absolute Gasteiger partial charge is 0.385 e. The minimum absolute atomic E-state index is 0. The van der Waals surface area contributed by atoms with Gasteiger partial charge in [0.25, 0.3) is 5.91 Å². The van der Waals surface area contributed by atoms with Crippen LogP contribution < -0.4 is 5.32 Å². The summed E-state index contributed by atoms with van der Waals surface area (Å²) < 4.78 is 21.0. The summed E-state index contributed by atoms with van der Waals surface area (Å²) in [5.41, 5.74) is 1.43. The van der Waals surface area contributed by atoms with Gasteiger partial charge in [0.2, 0.25) is 0 Å². The summed E-state index contributed by atoms with van der Waals surface area (Å²) in [7, 11) is 1.69. The van der Waals surface area contributed by atoms with Crippen LogP contribution in [0, 0.1) is 5.82 Å². The first-order valence-corrected chi connectivity index (χ1v) is 10.3. The molecule has 0 bridgehead atoms. The van der Waals surface area contributed by atoms with Crippen molar-refractivity contribution in [1.29, 1.82) is 0 Å². The first-order chi connectivity index (χ1) is 13.5. The van der Waals surface area contributed by atoms with Crippen LogP contribution in [0.5, 0.6) is 0 Å². The smallest absolute Gasteiger partial charge is 0.271 e. The van der Waals surface area contributed by atoms with Crippen molar-refractivity contribution in [3.05, 3.63) is 35.8 Å². The molecule has 1 N–H and O–H groups in total. The molecule has 1 aliphatic rings. The van der Waals surface area contributed by atoms with Crippen LogP contribution in [-0.2, 0) is 11.3 Å². The van der Waals surface area contributed by atoms with Crippen LogP contribution >= 0.6 is 12.4 Å². The lowest BCUT2D eigenvalue weighted by Gasteiger charge is -2.37. The SMILES string of the molecule is COCCCCn1c(C(=O)N(C(C)C)[C@@H]2CCCNC2)cc2ccc(F)cc21.Cl. The Morgan fingerprint density at radius 1 is 1.34 bits per heavy atom. The van der Waals surface area contributed by atoms with Crippen molar-refractivity contribution < 1.29 is 13.9 Å². The number of rotatable bonds is 8. The molecular formula is C22H33ClFN3O2. The lowest BCUT2D eigenvalue weighted by Crippen LogP contribution is -2.52. The molecule has 5 nitrogen and oxygen atoms in total. The second-order valence-electron chi connectivity index (χ2n) is 7.89. The number of carbonyl (C=O) groups excluding carboxylic acids is 1. The molecule has 1 atom stereocenters. The fourth-order valence-corrected chi connectivity index (χ4v) is 4.19. The molecule has 0 radical (unpaired) electrons. The Balaban J connectivity index is 0.00000300. The normalized spacial score (nSPS) is 16.8. The van der Waals surface area contributed by atoms with Crippen molar-refractivity contribution >= 4 is 29.2 Å². The van der Waals surface area contributed by atoms with Gasteiger partial charge in [-0.25, -0.2) is 4.39 Å². The zero-order chi connectivity index (χ0) is 20.1. The fraction of sp³-hybridized carbons (Fsp3) is 0.591. The second-order valence-corrected chi connectivity index (χ2v) is 7.89. The Labute approximate surface area is 179 Å². The Bertz CT molecular complexity index is 803. The van der Waals surface area contributed by atoms with E-state index in [1.807, 2.05) is 15.5 Å². The Morgan fingerprint density at radius 2 is 2.14 bits per heavy atom. The van der Waals surface area contributed by atoms with E-state index in [-0.39, 0.29) is 36.2 Å². The molecule has 0 spiro atoms. The van der Waals surface area contributed by atoms with Gasteiger partial charge in [-0.15, -0.1) is 12.4 Å². The summed E-state index contributed by atoms with van der Waals surface area (Å²) in [4.78, 5) is 15.6. The van der Waals surface area contributed by atoms with Crippen LogP contribution in [0.15, 0.2) is 24.3 Å². The molecule has 162 valence electrons. The highest BCUT2D eigenvalue weighted by atomic mass is 35.5. The molecule has 1 aromatic heterocycles. The molecule has 0 saturated carbocycles. The third kappa shape index (κ3) is 5.50. The van der Waals surface area contributed by atoms with E-state index in [9.17, 15) is 9.18 Å². The van der Waals surface area contributed by atoms with Gasteiger partial charge >= 0.3 is 0 Å². The van der Waals surface area contributed by atoms with Crippen molar-refractivity contribution in [2.45, 2.75) is 58.2 Å². The number of fused-ring (bicyclic) bond motifs is 1. The number of ether oxygens (including phenoxy) is 1. The summed E-state index contributed by atoms with van der Waals surface area (Å²) in [5.74, 6) is -0.244. The van der Waals surface area contributed by atoms with Gasteiger partial charge < -0.3 is 19.5 Å². The second kappa shape index (κ2) is 11.0. The first-order valence-electron chi connectivity index (χ1n) is 10.3. The highest BCUT2D eigenvalue weighted by molar-refractivity contribution is 5.99. The minimum atomic E-state index is -0.278. The predicted molar refractivity (Wildman–Crippen MR) is 117 cm³/mol. The number of piperidine rings is 1. The number of halogens is 2. The van der Waals surface area contributed by atoms with Gasteiger partial charge in [-0.2, -0.15) is 0 Å². The molecule has 1 amide bonds. The van der Waals surface area contributed by atoms with Crippen molar-refractivity contribution in [3.8, 4) is 0 Å². The van der Waals surface area contributed by atoms with Crippen LogP contribution in [0.3, 0.4) is 0 Å². The summed E-state index contributed by atoms with van der Waals surface area (Å²) in [6, 6.07) is 6.96. The van der Waals surface area contributed by atoms with Crippen molar-refractivity contribution in [3.63, 3.8) is 0 Å². The van der Waals surface area contributed by atoms with Crippen LogP contribution in [0.2, 0.25) is 0 Å². The van der Waals surface area contributed by atoms with Crippen molar-refractivity contribution in [2.24, 2.45) is 0 Å². The average Bonchev–Trinajstić information content (AvgIpc) is 3.03. The number of hydrogen-bond donors (Lipinski definition) is 1. The number of carbonyl (C=O) groups is 1. The molecule has 1 saturated heterocycles. The number of amides is 1. The molecule has 1 aromatic carbocycles. The highest BCUT2D eigenvalue weighted by Gasteiger charge is 2.30. The van der Waals surface area contributed by atoms with Crippen LogP contribution in [0.25, 0.3) is 10.9 Å². The lowest BCUT2D eigenvalue weighted by atomic mass is 10.0. The van der Waals surface area contributed by atoms with Crippen LogP contribution in [-0.4, -0.2) is 54.3 Å². The monoisotopic (exact) mass is 425 g/mol. The maximum Gasteiger partial charge on any atom is 0.271 e. The molecule has 2 aromatic rings. The van der Waals surface area contributed by atoms with Gasteiger partial charge in [-0.3, -0.25) is 4.79 Å². The number of hydrogen-bond acceptors (Lipinski definition) is 3. The summed E-state index contributed by atoms with van der Waals surface area (Å²) in [6.07, 6.45) is 3.87. The molecule has 3 rings (SSSR count). The molecule has 0 unspecified atom stereocenters. The third-order valence-electron chi connectivity index (χ3n) is 5.52. The number of benzene rings is 1. The summed E-state index contributed by atoms with van der Waals surface area (Å²) in [6.45, 7) is 7.33. The molecule has 0 aliphatic carbocycles. The highest BCUT2D eigenvalue weighted by Crippen LogP contribution is 2.25. The van der Waals surface area contributed by atoms with Gasteiger partial charge in [-0.05, 0) is 70.3 Å². The predicted octanol–water partition coefficient (Wildman–Crippen LogP) is 4.23. The molecule has 1 fully saturated rings. The van der Waals surface area contributed by atoms with E-state index in [0.29, 0.717) is 18.8 Å². The van der Waals surface area contributed by atoms with E-state index in [1.165, 1.54) is 12.1 Å². The standard InChI is InChI=1S/C22H32FN3O2.ClH/c1-16(2)26(19-7-6-10-24-15-19)22(27)21-13-17-8-9-18(23)14-20(17)25(21)11-4-5-12-28-3;/h8-9,13-14,16,19,24H,4-7,10-12,15H2,1-3H3;1H/t19-;/m1./s1. The van der Waals surface area contributed by atoms with E-state index in [0.717, 1.165) is 49.7 Å². The Morgan fingerprint density at radius 3 is 2.79 bits per heavy atom. The summed E-state index contributed by atoms with van der Waals surface area (Å²) >= 11 is 0. The van der Waals surface area contributed by atoms with E-state index >= 15 is 0 Å². The van der Waals surface area contributed by atoms with Crippen LogP contribution in [0.1, 0.15) is 50.0 Å². The van der Waals surface area contributed by atoms with Gasteiger partial charge in [-0.1, -0.05) is 0 Å². The topological polar surface area (TPSA) is 46.5 Å². The first kappa shape index (κ1) is 23.6. The van der Waals surface area contributed by atoms with Crippen molar-refractivity contribution in [1.82, 2.24) is 14.8 Å².